The normalized spacial score (nSPS) is 27.9. The molecule has 1 saturated carbocycles. The molecule has 4 rings (SSSR count). The van der Waals surface area contributed by atoms with Gasteiger partial charge in [-0.25, -0.2) is 0 Å². The summed E-state index contributed by atoms with van der Waals surface area (Å²) in [5, 5.41) is 2.76. The smallest absolute Gasteiger partial charge is 0.233 e. The molecule has 3 amide bonds. The summed E-state index contributed by atoms with van der Waals surface area (Å²) < 4.78 is 10.4. The number of imide groups is 1. The summed E-state index contributed by atoms with van der Waals surface area (Å²) in [6.07, 6.45) is 5.06. The maximum Gasteiger partial charge on any atom is 0.233 e. The highest BCUT2D eigenvalue weighted by molar-refractivity contribution is 6.06. The average molecular weight is 370 g/mol. The van der Waals surface area contributed by atoms with E-state index in [1.807, 2.05) is 0 Å². The van der Waals surface area contributed by atoms with Gasteiger partial charge in [-0.05, 0) is 30.4 Å². The molecule has 27 heavy (non-hydrogen) atoms. The van der Waals surface area contributed by atoms with Gasteiger partial charge in [-0.3, -0.25) is 19.3 Å². The number of rotatable bonds is 6. The molecule has 1 saturated heterocycles. The molecular formula is C20H22N2O5. The quantitative estimate of drug-likeness (QED) is 0.610. The second kappa shape index (κ2) is 6.72. The summed E-state index contributed by atoms with van der Waals surface area (Å²) in [4.78, 5) is 38.9. The molecule has 1 aromatic rings. The highest BCUT2D eigenvalue weighted by Crippen LogP contribution is 2.52. The van der Waals surface area contributed by atoms with E-state index in [-0.39, 0.29) is 54.4 Å². The predicted octanol–water partition coefficient (Wildman–Crippen LogP) is 1.84. The maximum absolute atomic E-state index is 12.6. The Labute approximate surface area is 157 Å². The summed E-state index contributed by atoms with van der Waals surface area (Å²) >= 11 is 0. The number of hydrogen-bond donors (Lipinski definition) is 1. The van der Waals surface area contributed by atoms with Crippen molar-refractivity contribution in [3.63, 3.8) is 0 Å². The number of carbonyl (C=O) groups excluding carboxylic acids is 3. The number of amides is 3. The van der Waals surface area contributed by atoms with Crippen molar-refractivity contribution in [3.05, 3.63) is 30.4 Å². The van der Waals surface area contributed by atoms with E-state index >= 15 is 0 Å². The van der Waals surface area contributed by atoms with Crippen LogP contribution in [-0.4, -0.2) is 43.4 Å². The van der Waals surface area contributed by atoms with E-state index < -0.39 is 0 Å². The lowest BCUT2D eigenvalue weighted by Gasteiger charge is -2.17. The van der Waals surface area contributed by atoms with Crippen LogP contribution in [0.2, 0.25) is 0 Å². The molecule has 2 aliphatic carbocycles. The lowest BCUT2D eigenvalue weighted by molar-refractivity contribution is -0.140. The summed E-state index contributed by atoms with van der Waals surface area (Å²) in [6, 6.07) is 5.10. The zero-order valence-electron chi connectivity index (χ0n) is 15.3. The van der Waals surface area contributed by atoms with Crippen molar-refractivity contribution in [2.24, 2.45) is 23.7 Å². The maximum atomic E-state index is 12.6. The first kappa shape index (κ1) is 17.6. The van der Waals surface area contributed by atoms with Crippen LogP contribution in [0.1, 0.15) is 12.8 Å². The number of hydrogen-bond acceptors (Lipinski definition) is 5. The lowest BCUT2D eigenvalue weighted by atomic mass is 9.85. The summed E-state index contributed by atoms with van der Waals surface area (Å²) in [7, 11) is 3.05. The molecule has 7 heteroatoms. The Morgan fingerprint density at radius 1 is 1.11 bits per heavy atom. The molecule has 0 spiro atoms. The Balaban J connectivity index is 1.39. The monoisotopic (exact) mass is 370 g/mol. The van der Waals surface area contributed by atoms with Crippen molar-refractivity contribution < 1.29 is 23.9 Å². The van der Waals surface area contributed by atoms with Crippen LogP contribution in [0.4, 0.5) is 5.69 Å². The Bertz CT molecular complexity index is 804. The molecule has 1 heterocycles. The number of methoxy groups -OCH3 is 2. The molecule has 7 nitrogen and oxygen atoms in total. The van der Waals surface area contributed by atoms with Crippen LogP contribution in [-0.2, 0) is 14.4 Å². The minimum Gasteiger partial charge on any atom is -0.497 e. The van der Waals surface area contributed by atoms with Gasteiger partial charge in [0.05, 0.1) is 31.7 Å². The minimum absolute atomic E-state index is 0.0417. The molecule has 2 bridgehead atoms. The van der Waals surface area contributed by atoms with Gasteiger partial charge < -0.3 is 14.8 Å². The molecule has 142 valence electrons. The molecule has 2 fully saturated rings. The zero-order chi connectivity index (χ0) is 19.1. The Hall–Kier alpha value is -2.83. The number of fused-ring (bicyclic) bond motifs is 5. The van der Waals surface area contributed by atoms with Crippen LogP contribution in [0.15, 0.2) is 30.4 Å². The highest BCUT2D eigenvalue weighted by atomic mass is 16.5. The van der Waals surface area contributed by atoms with Crippen molar-refractivity contribution in [1.29, 1.82) is 0 Å². The zero-order valence-corrected chi connectivity index (χ0v) is 15.3. The number of nitrogens with one attached hydrogen (secondary N) is 1. The average Bonchev–Trinajstić information content (AvgIpc) is 3.34. The van der Waals surface area contributed by atoms with E-state index in [1.165, 1.54) is 19.1 Å². The molecular weight excluding hydrogens is 348 g/mol. The molecule has 3 aliphatic rings. The van der Waals surface area contributed by atoms with Crippen LogP contribution in [0, 0.1) is 23.7 Å². The topological polar surface area (TPSA) is 84.9 Å². The van der Waals surface area contributed by atoms with E-state index in [0.29, 0.717) is 17.2 Å². The van der Waals surface area contributed by atoms with Crippen LogP contribution in [0.5, 0.6) is 11.5 Å². The van der Waals surface area contributed by atoms with E-state index in [2.05, 4.69) is 17.5 Å². The summed E-state index contributed by atoms with van der Waals surface area (Å²) in [5.74, 6) is 0.444. The van der Waals surface area contributed by atoms with Crippen LogP contribution in [0.25, 0.3) is 0 Å². The second-order valence-corrected chi connectivity index (χ2v) is 7.19. The Kier molecular flexibility index (Phi) is 4.37. The van der Waals surface area contributed by atoms with Crippen molar-refractivity contribution >= 4 is 23.4 Å². The van der Waals surface area contributed by atoms with Gasteiger partial charge in [-0.2, -0.15) is 0 Å². The van der Waals surface area contributed by atoms with Gasteiger partial charge in [-0.1, -0.05) is 12.2 Å². The molecule has 4 atom stereocenters. The fraction of sp³-hybridized carbons (Fsp3) is 0.450. The first-order chi connectivity index (χ1) is 13.0. The number of anilines is 1. The molecule has 0 unspecified atom stereocenters. The van der Waals surface area contributed by atoms with E-state index in [4.69, 9.17) is 9.47 Å². The van der Waals surface area contributed by atoms with Crippen LogP contribution in [0.3, 0.4) is 0 Å². The molecule has 1 aromatic carbocycles. The van der Waals surface area contributed by atoms with Gasteiger partial charge >= 0.3 is 0 Å². The number of ether oxygens (including phenoxy) is 2. The van der Waals surface area contributed by atoms with Gasteiger partial charge in [0.15, 0.2) is 0 Å². The number of benzene rings is 1. The van der Waals surface area contributed by atoms with Crippen molar-refractivity contribution in [1.82, 2.24) is 4.90 Å². The number of allylic oxidation sites excluding steroid dienone is 2. The van der Waals surface area contributed by atoms with E-state index in [0.717, 1.165) is 6.42 Å². The first-order valence-corrected chi connectivity index (χ1v) is 9.09. The fourth-order valence-electron chi connectivity index (χ4n) is 4.52. The van der Waals surface area contributed by atoms with Gasteiger partial charge in [0.25, 0.3) is 0 Å². The van der Waals surface area contributed by atoms with Gasteiger partial charge in [0.2, 0.25) is 17.7 Å². The predicted molar refractivity (Wildman–Crippen MR) is 97.2 cm³/mol. The number of carbonyl (C=O) groups is 3. The summed E-state index contributed by atoms with van der Waals surface area (Å²) in [5.41, 5.74) is 0.486. The Morgan fingerprint density at radius 3 is 2.37 bits per heavy atom. The van der Waals surface area contributed by atoms with Crippen molar-refractivity contribution in [2.45, 2.75) is 12.8 Å². The SMILES string of the molecule is COc1ccc(OC)c(NC(=O)CCN2C(=O)[C@@H]3[C@@H](C2=O)[C@H]2C=C[C@H]3C2)c1. The standard InChI is InChI=1S/C20H22N2O5/c1-26-13-5-6-15(27-2)14(10-13)21-16(23)7-8-22-19(24)17-11-3-4-12(9-11)18(17)20(22)25/h3-6,10-12,17-18H,7-9H2,1-2H3,(H,21,23)/t11-,12-,17-,18-/m0/s1. The molecule has 0 aromatic heterocycles. The molecule has 1 aliphatic heterocycles. The highest BCUT2D eigenvalue weighted by Gasteiger charge is 2.58. The third kappa shape index (κ3) is 2.87. The second-order valence-electron chi connectivity index (χ2n) is 7.19. The van der Waals surface area contributed by atoms with Crippen molar-refractivity contribution in [2.75, 3.05) is 26.1 Å². The Morgan fingerprint density at radius 2 is 1.78 bits per heavy atom. The van der Waals surface area contributed by atoms with Gasteiger partial charge in [0.1, 0.15) is 11.5 Å². The number of likely N-dealkylation sites (tertiary alicyclic amines) is 1. The number of nitrogens with zero attached hydrogens (tertiary/aromatic N) is 1. The lowest BCUT2D eigenvalue weighted by Crippen LogP contribution is -2.35. The van der Waals surface area contributed by atoms with E-state index in [9.17, 15) is 14.4 Å². The first-order valence-electron chi connectivity index (χ1n) is 9.09. The minimum atomic E-state index is -0.291. The van der Waals surface area contributed by atoms with Gasteiger partial charge in [0, 0.05) is 19.0 Å². The third-order valence-corrected chi connectivity index (χ3v) is 5.80. The van der Waals surface area contributed by atoms with E-state index in [1.54, 1.807) is 18.2 Å². The molecule has 0 radical (unpaired) electrons. The van der Waals surface area contributed by atoms with Crippen LogP contribution >= 0.6 is 0 Å². The molecule has 1 N–H and O–H groups in total. The van der Waals surface area contributed by atoms with Crippen molar-refractivity contribution in [3.8, 4) is 11.5 Å². The fourth-order valence-corrected chi connectivity index (χ4v) is 4.52. The third-order valence-electron chi connectivity index (χ3n) is 5.80. The largest absolute Gasteiger partial charge is 0.497 e. The summed E-state index contributed by atoms with van der Waals surface area (Å²) in [6.45, 7) is 0.0994. The van der Waals surface area contributed by atoms with Gasteiger partial charge in [-0.15, -0.1) is 0 Å². The van der Waals surface area contributed by atoms with Crippen LogP contribution < -0.4 is 14.8 Å².